The molecular weight excluding hydrogens is 815 g/mol. The molecule has 314 valence electrons. The average Bonchev–Trinajstić information content (AvgIpc) is 3.89. The molecule has 2 aromatic heterocycles. The molecule has 0 saturated carbocycles. The zero-order chi connectivity index (χ0) is 44.1. The van der Waals surface area contributed by atoms with Crippen LogP contribution in [0, 0.1) is 23.8 Å². The van der Waals surface area contributed by atoms with Crippen LogP contribution in [0.25, 0.3) is 66.1 Å². The van der Waals surface area contributed by atoms with Crippen LogP contribution in [0.2, 0.25) is 0 Å². The summed E-state index contributed by atoms with van der Waals surface area (Å²) < 4.78 is 33.3. The molecule has 0 bridgehead atoms. The Morgan fingerprint density at radius 2 is 0.939 bits per heavy atom. The minimum absolute atomic E-state index is 0.281. The van der Waals surface area contributed by atoms with Crippen LogP contribution < -0.4 is 9.80 Å². The summed E-state index contributed by atoms with van der Waals surface area (Å²) in [5.41, 5.74) is 14.2. The monoisotopic (exact) mass is 854 g/mol. The summed E-state index contributed by atoms with van der Waals surface area (Å²) in [6.45, 7) is 0. The van der Waals surface area contributed by atoms with Gasteiger partial charge in [0.15, 0.2) is 0 Å². The molecule has 4 nitrogen and oxygen atoms in total. The summed E-state index contributed by atoms with van der Waals surface area (Å²) in [5.74, 6) is -0.573. The van der Waals surface area contributed by atoms with Crippen molar-refractivity contribution in [1.29, 1.82) is 0 Å². The lowest BCUT2D eigenvalue weighted by atomic mass is 10.0. The topological polar surface area (TPSA) is 16.3 Å². The molecule has 1 aliphatic rings. The Bertz CT molecular complexity index is 3640. The molecule has 9 aromatic carbocycles. The van der Waals surface area contributed by atoms with E-state index in [1.807, 2.05) is 48.5 Å². The van der Waals surface area contributed by atoms with Gasteiger partial charge in [-0.3, -0.25) is 0 Å². The lowest BCUT2D eigenvalue weighted by Gasteiger charge is -2.26. The minimum Gasteiger partial charge on any atom is -0.310 e. The van der Waals surface area contributed by atoms with E-state index in [0.717, 1.165) is 102 Å². The van der Waals surface area contributed by atoms with Gasteiger partial charge in [-0.1, -0.05) is 84.9 Å². The predicted molar refractivity (Wildman–Crippen MR) is 269 cm³/mol. The summed E-state index contributed by atoms with van der Waals surface area (Å²) in [7, 11) is 0. The third-order valence-electron chi connectivity index (χ3n) is 12.7. The Balaban J connectivity index is 0.908. The first-order valence-corrected chi connectivity index (χ1v) is 22.2. The van der Waals surface area contributed by atoms with Crippen molar-refractivity contribution >= 4 is 83.4 Å². The van der Waals surface area contributed by atoms with Gasteiger partial charge < -0.3 is 18.9 Å². The number of aromatic nitrogens is 2. The van der Waals surface area contributed by atoms with E-state index in [9.17, 15) is 8.78 Å². The maximum Gasteiger partial charge on any atom is 0.123 e. The fraction of sp³-hybridized carbons (Fsp3) is 0.0333. The van der Waals surface area contributed by atoms with Crippen LogP contribution >= 0.6 is 0 Å². The SMILES string of the molecule is Fc1ccc(N(c2ccc(-c3ccc(N(c4ccc(F)cc4)c4ccc5c(c4)c4c#cccc4n5-c4ccccc4)cc3)cc2)c2ccc3c(c2)c2ccccc2n3C2=CCCC=C2)cc1. The number of hydrogen-bond donors (Lipinski definition) is 0. The van der Waals surface area contributed by atoms with E-state index in [1.165, 1.54) is 35.3 Å². The molecule has 6 heteroatoms. The second-order valence-electron chi connectivity index (χ2n) is 16.6. The minimum atomic E-state index is -0.291. The molecule has 0 atom stereocenters. The van der Waals surface area contributed by atoms with Crippen molar-refractivity contribution in [2.45, 2.75) is 12.8 Å². The van der Waals surface area contributed by atoms with Crippen LogP contribution in [0.3, 0.4) is 0 Å². The van der Waals surface area contributed by atoms with Gasteiger partial charge in [-0.25, -0.2) is 8.78 Å². The van der Waals surface area contributed by atoms with Gasteiger partial charge in [0.1, 0.15) is 11.6 Å². The third kappa shape index (κ3) is 6.77. The molecule has 0 saturated heterocycles. The molecule has 0 amide bonds. The quantitative estimate of drug-likeness (QED) is 0.144. The summed E-state index contributed by atoms with van der Waals surface area (Å²) in [6, 6.07) is 72.8. The van der Waals surface area contributed by atoms with E-state index in [0.29, 0.717) is 0 Å². The molecule has 11 aromatic rings. The second-order valence-corrected chi connectivity index (χ2v) is 16.6. The highest BCUT2D eigenvalue weighted by Gasteiger charge is 2.20. The number of benzene rings is 8. The molecule has 0 unspecified atom stereocenters. The Labute approximate surface area is 381 Å². The Hall–Kier alpha value is -8.66. The molecule has 0 fully saturated rings. The second kappa shape index (κ2) is 16.2. The van der Waals surface area contributed by atoms with Crippen LogP contribution in [0.1, 0.15) is 12.8 Å². The van der Waals surface area contributed by atoms with E-state index >= 15 is 0 Å². The number of allylic oxidation sites excluding steroid dienone is 4. The highest BCUT2D eigenvalue weighted by molar-refractivity contribution is 6.12. The molecular formula is C60H40F2N4. The van der Waals surface area contributed by atoms with Crippen molar-refractivity contribution in [2.24, 2.45) is 0 Å². The van der Waals surface area contributed by atoms with Gasteiger partial charge in [0, 0.05) is 61.7 Å². The van der Waals surface area contributed by atoms with Crippen LogP contribution in [0.15, 0.2) is 218 Å². The molecule has 0 aliphatic heterocycles. The summed E-state index contributed by atoms with van der Waals surface area (Å²) in [6.07, 6.45) is 8.84. The Kier molecular flexibility index (Phi) is 9.54. The normalized spacial score (nSPS) is 12.5. The van der Waals surface area contributed by atoms with Crippen molar-refractivity contribution in [3.8, 4) is 16.8 Å². The lowest BCUT2D eigenvalue weighted by Crippen LogP contribution is -2.10. The molecule has 0 spiro atoms. The number of hydrogen-bond acceptors (Lipinski definition) is 2. The van der Waals surface area contributed by atoms with Crippen molar-refractivity contribution in [3.05, 3.63) is 242 Å². The van der Waals surface area contributed by atoms with E-state index in [2.05, 4.69) is 177 Å². The summed E-state index contributed by atoms with van der Waals surface area (Å²) in [5, 5.41) is 4.35. The predicted octanol–water partition coefficient (Wildman–Crippen LogP) is 16.6. The molecule has 0 radical (unpaired) electrons. The number of halogens is 2. The van der Waals surface area contributed by atoms with Gasteiger partial charge in [-0.15, -0.1) is 0 Å². The number of para-hydroxylation sites is 2. The maximum atomic E-state index is 14.4. The molecule has 66 heavy (non-hydrogen) atoms. The first kappa shape index (κ1) is 39.0. The van der Waals surface area contributed by atoms with Gasteiger partial charge in [-0.05, 0) is 170 Å². The highest BCUT2D eigenvalue weighted by atomic mass is 19.1. The van der Waals surface area contributed by atoms with E-state index in [1.54, 1.807) is 0 Å². The van der Waals surface area contributed by atoms with Gasteiger partial charge >= 0.3 is 0 Å². The van der Waals surface area contributed by atoms with Gasteiger partial charge in [0.25, 0.3) is 0 Å². The van der Waals surface area contributed by atoms with E-state index < -0.39 is 0 Å². The van der Waals surface area contributed by atoms with Crippen molar-refractivity contribution < 1.29 is 8.78 Å². The fourth-order valence-corrected chi connectivity index (χ4v) is 9.64. The van der Waals surface area contributed by atoms with Gasteiger partial charge in [0.05, 0.1) is 27.5 Å². The van der Waals surface area contributed by atoms with Crippen molar-refractivity contribution in [1.82, 2.24) is 9.13 Å². The summed E-state index contributed by atoms with van der Waals surface area (Å²) >= 11 is 0. The zero-order valence-electron chi connectivity index (χ0n) is 35.7. The zero-order valence-corrected chi connectivity index (χ0v) is 35.7. The largest absolute Gasteiger partial charge is 0.310 e. The summed E-state index contributed by atoms with van der Waals surface area (Å²) in [4.78, 5) is 4.34. The maximum absolute atomic E-state index is 14.4. The first-order valence-electron chi connectivity index (χ1n) is 22.2. The van der Waals surface area contributed by atoms with Gasteiger partial charge in [-0.2, -0.15) is 0 Å². The Morgan fingerprint density at radius 1 is 0.424 bits per heavy atom. The van der Waals surface area contributed by atoms with E-state index in [4.69, 9.17) is 0 Å². The van der Waals surface area contributed by atoms with Crippen LogP contribution in [-0.2, 0) is 0 Å². The Morgan fingerprint density at radius 3 is 1.53 bits per heavy atom. The molecule has 12 rings (SSSR count). The van der Waals surface area contributed by atoms with Crippen LogP contribution in [-0.4, -0.2) is 9.13 Å². The van der Waals surface area contributed by atoms with Gasteiger partial charge in [0.2, 0.25) is 0 Å². The number of nitrogens with zero attached hydrogens (tertiary/aromatic N) is 4. The van der Waals surface area contributed by atoms with Crippen molar-refractivity contribution in [2.75, 3.05) is 9.80 Å². The van der Waals surface area contributed by atoms with Crippen LogP contribution in [0.4, 0.5) is 42.9 Å². The average molecular weight is 855 g/mol. The standard InChI is InChI=1S/C60H40F2N4/c61-43-23-31-49(32-24-43)63(51-35-37-59-55(39-51)53-15-7-9-17-57(53)65(59)45-11-3-1-4-12-45)47-27-19-41(20-28-47)42-21-29-48(30-22-42)64(50-33-25-44(62)26-34-50)52-36-38-60-56(40-52)54-16-8-10-18-58(54)66(60)46-13-5-2-6-14-46/h1,3-5,8-14,16-40H,2,6H2. The number of fused-ring (bicyclic) bond motifs is 6. The van der Waals surface area contributed by atoms with Crippen LogP contribution in [0.5, 0.6) is 0 Å². The van der Waals surface area contributed by atoms with Crippen molar-refractivity contribution in [3.63, 3.8) is 0 Å². The molecule has 0 N–H and O–H groups in total. The smallest absolute Gasteiger partial charge is 0.123 e. The molecule has 2 heterocycles. The number of rotatable bonds is 9. The first-order chi connectivity index (χ1) is 32.6. The fourth-order valence-electron chi connectivity index (χ4n) is 9.64. The van der Waals surface area contributed by atoms with E-state index in [-0.39, 0.29) is 11.6 Å². The molecule has 1 aliphatic carbocycles. The highest BCUT2D eigenvalue weighted by Crippen LogP contribution is 2.43. The third-order valence-corrected chi connectivity index (χ3v) is 12.7. The number of anilines is 6. The lowest BCUT2D eigenvalue weighted by molar-refractivity contribution is 0.627.